The minimum absolute atomic E-state index is 0.0991. The Labute approximate surface area is 204 Å². The van der Waals surface area contributed by atoms with Gasteiger partial charge in [0.1, 0.15) is 11.5 Å². The molecule has 0 aromatic heterocycles. The number of rotatable bonds is 2. The summed E-state index contributed by atoms with van der Waals surface area (Å²) in [5, 5.41) is 44.5. The van der Waals surface area contributed by atoms with Crippen LogP contribution in [0, 0.1) is 17.8 Å². The fourth-order valence-electron chi connectivity index (χ4n) is 6.18. The van der Waals surface area contributed by atoms with Gasteiger partial charge in [-0.3, -0.25) is 24.0 Å². The molecule has 0 saturated heterocycles. The lowest BCUT2D eigenvalue weighted by Gasteiger charge is -2.51. The van der Waals surface area contributed by atoms with Gasteiger partial charge in [0.25, 0.3) is 0 Å². The van der Waals surface area contributed by atoms with Crippen molar-refractivity contribution in [2.24, 2.45) is 23.5 Å². The van der Waals surface area contributed by atoms with Gasteiger partial charge < -0.3 is 26.2 Å². The number of amides is 1. The predicted octanol–water partition coefficient (Wildman–Crippen LogP) is 0.241. The molecule has 10 heteroatoms. The maximum absolute atomic E-state index is 13.6. The topological polar surface area (TPSA) is 192 Å². The first-order chi connectivity index (χ1) is 16.9. The third kappa shape index (κ3) is 2.94. The summed E-state index contributed by atoms with van der Waals surface area (Å²) in [5.41, 5.74) is 3.23. The zero-order chi connectivity index (χ0) is 26.3. The number of benzene rings is 1. The Hall–Kier alpha value is -3.89. The van der Waals surface area contributed by atoms with Crippen molar-refractivity contribution < 1.29 is 44.4 Å². The van der Waals surface area contributed by atoms with Gasteiger partial charge in [0, 0.05) is 30.3 Å². The number of fused-ring (bicyclic) bond motifs is 3. The number of nitrogens with two attached hydrogens (primary N) is 1. The first-order valence-corrected chi connectivity index (χ1v) is 11.4. The Kier molecular flexibility index (Phi) is 5.17. The van der Waals surface area contributed by atoms with E-state index in [-0.39, 0.29) is 23.5 Å². The fraction of sp³-hybridized carbons (Fsp3) is 0.346. The molecule has 0 heterocycles. The highest BCUT2D eigenvalue weighted by Gasteiger charge is 2.67. The van der Waals surface area contributed by atoms with Crippen LogP contribution in [0.2, 0.25) is 0 Å². The van der Waals surface area contributed by atoms with E-state index in [1.807, 2.05) is 0 Å². The van der Waals surface area contributed by atoms with Crippen molar-refractivity contribution >= 4 is 40.4 Å². The van der Waals surface area contributed by atoms with Crippen molar-refractivity contribution in [1.29, 1.82) is 0 Å². The summed E-state index contributed by atoms with van der Waals surface area (Å²) in [4.78, 5) is 62.6. The zero-order valence-electron chi connectivity index (χ0n) is 19.1. The lowest BCUT2D eigenvalue weighted by atomic mass is 9.53. The zero-order valence-corrected chi connectivity index (χ0v) is 19.1. The van der Waals surface area contributed by atoms with E-state index in [9.17, 15) is 44.4 Å². The number of aliphatic hydroxyl groups excluding tert-OH is 2. The largest absolute Gasteiger partial charge is 0.507 e. The molecule has 4 aliphatic rings. The summed E-state index contributed by atoms with van der Waals surface area (Å²) in [7, 11) is 0. The molecule has 2 saturated carbocycles. The quantitative estimate of drug-likeness (QED) is 0.359. The van der Waals surface area contributed by atoms with E-state index < -0.39 is 76.4 Å². The van der Waals surface area contributed by atoms with E-state index in [2.05, 4.69) is 0 Å². The first-order valence-electron chi connectivity index (χ1n) is 11.4. The van der Waals surface area contributed by atoms with Crippen molar-refractivity contribution in [3.05, 3.63) is 52.6 Å². The second-order valence-electron chi connectivity index (χ2n) is 9.72. The normalized spacial score (nSPS) is 33.6. The molecule has 1 aromatic rings. The van der Waals surface area contributed by atoms with E-state index >= 15 is 0 Å². The van der Waals surface area contributed by atoms with Gasteiger partial charge in [0.05, 0.1) is 11.7 Å². The van der Waals surface area contributed by atoms with Gasteiger partial charge in [0.2, 0.25) is 11.7 Å². The lowest BCUT2D eigenvalue weighted by Crippen LogP contribution is -2.69. The second-order valence-corrected chi connectivity index (χ2v) is 9.72. The van der Waals surface area contributed by atoms with Crippen LogP contribution in [0.1, 0.15) is 42.4 Å². The minimum atomic E-state index is -2.95. The van der Waals surface area contributed by atoms with Crippen LogP contribution in [0.15, 0.2) is 35.9 Å². The Bertz CT molecular complexity index is 1380. The lowest BCUT2D eigenvalue weighted by molar-refractivity contribution is -0.179. The number of phenolic OH excluding ortho intramolecular Hbond substituents is 1. The molecular formula is C26H23NO9. The summed E-state index contributed by atoms with van der Waals surface area (Å²) in [6.07, 6.45) is 2.54. The Morgan fingerprint density at radius 3 is 2.42 bits per heavy atom. The third-order valence-corrected chi connectivity index (χ3v) is 7.90. The first kappa shape index (κ1) is 23.8. The van der Waals surface area contributed by atoms with E-state index in [0.717, 1.165) is 0 Å². The molecule has 0 spiro atoms. The Morgan fingerprint density at radius 1 is 1.11 bits per heavy atom. The smallest absolute Gasteiger partial charge is 0.235 e. The highest BCUT2D eigenvalue weighted by atomic mass is 16.3. The molecule has 36 heavy (non-hydrogen) atoms. The Balaban J connectivity index is 1.74. The molecule has 6 atom stereocenters. The van der Waals surface area contributed by atoms with Gasteiger partial charge in [0.15, 0.2) is 28.9 Å². The number of hydrogen-bond acceptors (Lipinski definition) is 9. The van der Waals surface area contributed by atoms with Crippen molar-refractivity contribution in [2.75, 3.05) is 0 Å². The number of carbonyl (C=O) groups excluding carboxylic acids is 5. The van der Waals surface area contributed by atoms with Crippen molar-refractivity contribution in [3.8, 4) is 5.75 Å². The number of allylic oxidation sites excluding steroid dienone is 4. The molecule has 4 aliphatic carbocycles. The van der Waals surface area contributed by atoms with Crippen LogP contribution < -0.4 is 5.73 Å². The highest BCUT2D eigenvalue weighted by Crippen LogP contribution is 2.56. The summed E-state index contributed by atoms with van der Waals surface area (Å²) in [5.74, 6) is -11.6. The fourth-order valence-corrected chi connectivity index (χ4v) is 6.18. The molecule has 1 amide bonds. The van der Waals surface area contributed by atoms with Crippen LogP contribution in [-0.4, -0.2) is 61.2 Å². The number of aromatic hydroxyl groups is 1. The number of hydrogen-bond donors (Lipinski definition) is 5. The summed E-state index contributed by atoms with van der Waals surface area (Å²) < 4.78 is 0. The molecule has 6 N–H and O–H groups in total. The van der Waals surface area contributed by atoms with Crippen LogP contribution in [0.3, 0.4) is 0 Å². The van der Waals surface area contributed by atoms with Gasteiger partial charge >= 0.3 is 0 Å². The van der Waals surface area contributed by atoms with Gasteiger partial charge in [-0.05, 0) is 34.8 Å². The standard InChI is InChI=1S/C26H23NO9/c1-9-16-12(10-2-4-11(28)5-3-10)6-7-14(29)18(16)22(32)20-17(9)21(31)13-8-15(30)19(25(27)35)23(33)26(13,36)24(20)34/h2-4,6-7,9,13,17,19,21,29,31-32,36H,5,8H2,1H3,(H2,27,35)/t9-,13+,17+,19?,21+,26+/m0/s1. The van der Waals surface area contributed by atoms with Crippen molar-refractivity contribution in [1.82, 2.24) is 0 Å². The number of primary amides is 1. The average Bonchev–Trinajstić information content (AvgIpc) is 2.82. The predicted molar refractivity (Wildman–Crippen MR) is 123 cm³/mol. The van der Waals surface area contributed by atoms with Gasteiger partial charge in [-0.15, -0.1) is 0 Å². The second kappa shape index (κ2) is 7.81. The molecule has 10 nitrogen and oxygen atoms in total. The van der Waals surface area contributed by atoms with Crippen LogP contribution in [0.4, 0.5) is 0 Å². The summed E-state index contributed by atoms with van der Waals surface area (Å²) >= 11 is 0. The maximum Gasteiger partial charge on any atom is 0.235 e. The van der Waals surface area contributed by atoms with Crippen LogP contribution >= 0.6 is 0 Å². The third-order valence-electron chi connectivity index (χ3n) is 7.90. The van der Waals surface area contributed by atoms with Crippen LogP contribution in [0.25, 0.3) is 11.3 Å². The van der Waals surface area contributed by atoms with Crippen molar-refractivity contribution in [3.63, 3.8) is 0 Å². The molecule has 186 valence electrons. The summed E-state index contributed by atoms with van der Waals surface area (Å²) in [6.45, 7) is 1.65. The van der Waals surface area contributed by atoms with E-state index in [1.165, 1.54) is 12.1 Å². The number of aliphatic hydroxyl groups is 3. The molecule has 0 bridgehead atoms. The molecule has 2 fully saturated rings. The summed E-state index contributed by atoms with van der Waals surface area (Å²) in [6, 6.07) is 2.89. The van der Waals surface area contributed by atoms with E-state index in [0.29, 0.717) is 16.7 Å². The average molecular weight is 493 g/mol. The SMILES string of the molecule is C[C@H]1c2c(C3=CCC(=O)C=C3)ccc(O)c2C(O)=C2C(=O)[C@]3(O)C(=O)C(C(N)=O)C(=O)C[C@@H]3[C@@H](O)[C@@H]21. The maximum atomic E-state index is 13.6. The minimum Gasteiger partial charge on any atom is -0.507 e. The number of carbonyl (C=O) groups is 5. The number of phenols is 1. The molecule has 1 unspecified atom stereocenters. The number of ketones is 4. The monoisotopic (exact) mass is 493 g/mol. The molecular weight excluding hydrogens is 470 g/mol. The van der Waals surface area contributed by atoms with E-state index in [4.69, 9.17) is 5.73 Å². The molecule has 0 radical (unpaired) electrons. The molecule has 5 rings (SSSR count). The van der Waals surface area contributed by atoms with Crippen molar-refractivity contribution in [2.45, 2.75) is 37.4 Å². The van der Waals surface area contributed by atoms with E-state index in [1.54, 1.807) is 25.1 Å². The number of Topliss-reactive ketones (excluding diaryl/α,β-unsaturated/α-hetero) is 3. The molecule has 1 aromatic carbocycles. The van der Waals surface area contributed by atoms with Gasteiger partial charge in [-0.2, -0.15) is 0 Å². The van der Waals surface area contributed by atoms with Gasteiger partial charge in [-0.25, -0.2) is 0 Å². The molecule has 0 aliphatic heterocycles. The van der Waals surface area contributed by atoms with Crippen LogP contribution in [0.5, 0.6) is 5.75 Å². The Morgan fingerprint density at radius 2 is 1.81 bits per heavy atom. The highest BCUT2D eigenvalue weighted by molar-refractivity contribution is 6.31. The van der Waals surface area contributed by atoms with Crippen LogP contribution in [-0.2, 0) is 24.0 Å². The van der Waals surface area contributed by atoms with Gasteiger partial charge in [-0.1, -0.05) is 25.1 Å².